The molecule has 1 amide bonds. The van der Waals surface area contributed by atoms with Crippen molar-refractivity contribution < 1.29 is 14.3 Å². The van der Waals surface area contributed by atoms with E-state index in [1.54, 1.807) is 0 Å². The molecule has 0 aromatic carbocycles. The zero-order valence-electron chi connectivity index (χ0n) is 17.1. The van der Waals surface area contributed by atoms with E-state index in [4.69, 9.17) is 4.74 Å². The standard InChI is InChI=1S/C22H37NO3/c1-14(19-12-15-5-6-17(19)11-15)23-20(24)13-26-21(25)16-7-9-18(10-8-16)22(2,3)4/h14-19H,5-13H2,1-4H3,(H,23,24)/t14-,15+,16?,17+,18?,19-/m1/s1. The third-order valence-electron chi connectivity index (χ3n) is 7.45. The predicted octanol–water partition coefficient (Wildman–Crippen LogP) is 4.32. The molecule has 2 bridgehead atoms. The number of esters is 1. The van der Waals surface area contributed by atoms with Crippen molar-refractivity contribution >= 4 is 11.9 Å². The van der Waals surface area contributed by atoms with Gasteiger partial charge in [-0.2, -0.15) is 0 Å². The molecule has 0 aromatic heterocycles. The number of carbonyl (C=O) groups excluding carboxylic acids is 2. The van der Waals surface area contributed by atoms with E-state index in [9.17, 15) is 9.59 Å². The topological polar surface area (TPSA) is 55.4 Å². The fraction of sp³-hybridized carbons (Fsp3) is 0.909. The molecular weight excluding hydrogens is 326 g/mol. The Morgan fingerprint density at radius 3 is 2.27 bits per heavy atom. The summed E-state index contributed by atoms with van der Waals surface area (Å²) in [7, 11) is 0. The van der Waals surface area contributed by atoms with Gasteiger partial charge in [0.05, 0.1) is 5.92 Å². The van der Waals surface area contributed by atoms with E-state index in [1.807, 2.05) is 0 Å². The fourth-order valence-corrected chi connectivity index (χ4v) is 5.76. The quantitative estimate of drug-likeness (QED) is 0.740. The number of ether oxygens (including phenoxy) is 1. The molecule has 0 aliphatic heterocycles. The van der Waals surface area contributed by atoms with Crippen molar-refractivity contribution in [2.75, 3.05) is 6.61 Å². The third-order valence-corrected chi connectivity index (χ3v) is 7.45. The van der Waals surface area contributed by atoms with Gasteiger partial charge in [-0.15, -0.1) is 0 Å². The molecule has 148 valence electrons. The van der Waals surface area contributed by atoms with Gasteiger partial charge >= 0.3 is 5.97 Å². The molecule has 0 heterocycles. The first-order valence-electron chi connectivity index (χ1n) is 10.7. The lowest BCUT2D eigenvalue weighted by Gasteiger charge is -2.36. The number of hydrogen-bond donors (Lipinski definition) is 1. The van der Waals surface area contributed by atoms with E-state index >= 15 is 0 Å². The Bertz CT molecular complexity index is 516. The maximum atomic E-state index is 12.3. The average Bonchev–Trinajstić information content (AvgIpc) is 3.22. The van der Waals surface area contributed by atoms with Crippen molar-refractivity contribution in [2.24, 2.45) is 35.0 Å². The van der Waals surface area contributed by atoms with E-state index in [2.05, 4.69) is 33.0 Å². The molecule has 1 N–H and O–H groups in total. The maximum absolute atomic E-state index is 12.3. The molecule has 4 heteroatoms. The van der Waals surface area contributed by atoms with E-state index < -0.39 is 0 Å². The highest BCUT2D eigenvalue weighted by Gasteiger charge is 2.42. The normalized spacial score (nSPS) is 35.2. The molecule has 3 fully saturated rings. The summed E-state index contributed by atoms with van der Waals surface area (Å²) in [5.41, 5.74) is 0.310. The van der Waals surface area contributed by atoms with Gasteiger partial charge in [0, 0.05) is 6.04 Å². The third kappa shape index (κ3) is 4.61. The van der Waals surface area contributed by atoms with Crippen molar-refractivity contribution in [1.82, 2.24) is 5.32 Å². The highest BCUT2D eigenvalue weighted by atomic mass is 16.5. The van der Waals surface area contributed by atoms with Gasteiger partial charge in [0.1, 0.15) is 0 Å². The van der Waals surface area contributed by atoms with Crippen LogP contribution >= 0.6 is 0 Å². The monoisotopic (exact) mass is 363 g/mol. The van der Waals surface area contributed by atoms with Gasteiger partial charge < -0.3 is 10.1 Å². The van der Waals surface area contributed by atoms with Gasteiger partial charge in [-0.05, 0) is 81.0 Å². The summed E-state index contributed by atoms with van der Waals surface area (Å²) < 4.78 is 5.34. The average molecular weight is 364 g/mol. The van der Waals surface area contributed by atoms with E-state index in [0.717, 1.165) is 37.5 Å². The zero-order valence-corrected chi connectivity index (χ0v) is 17.1. The Morgan fingerprint density at radius 1 is 1.04 bits per heavy atom. The molecular formula is C22H37NO3. The van der Waals surface area contributed by atoms with E-state index in [1.165, 1.54) is 25.7 Å². The van der Waals surface area contributed by atoms with Crippen LogP contribution in [-0.4, -0.2) is 24.5 Å². The minimum Gasteiger partial charge on any atom is -0.455 e. The SMILES string of the molecule is C[C@@H](NC(=O)COC(=O)C1CCC(C(C)(C)C)CC1)[C@H]1C[C@H]2CC[C@H]1C2. The van der Waals surface area contributed by atoms with Gasteiger partial charge in [0.25, 0.3) is 5.91 Å². The molecule has 3 rings (SSSR count). The van der Waals surface area contributed by atoms with Crippen LogP contribution in [0.3, 0.4) is 0 Å². The van der Waals surface area contributed by atoms with Crippen molar-refractivity contribution in [3.8, 4) is 0 Å². The number of nitrogens with one attached hydrogen (secondary N) is 1. The molecule has 0 radical (unpaired) electrons. The van der Waals surface area contributed by atoms with Crippen LogP contribution in [0, 0.1) is 35.0 Å². The Morgan fingerprint density at radius 2 is 1.73 bits per heavy atom. The minimum absolute atomic E-state index is 0.0237. The van der Waals surface area contributed by atoms with Crippen LogP contribution in [0.2, 0.25) is 0 Å². The van der Waals surface area contributed by atoms with E-state index in [-0.39, 0.29) is 30.4 Å². The molecule has 4 atom stereocenters. The van der Waals surface area contributed by atoms with E-state index in [0.29, 0.717) is 17.3 Å². The summed E-state index contributed by atoms with van der Waals surface area (Å²) in [5, 5.41) is 3.08. The maximum Gasteiger partial charge on any atom is 0.309 e. The highest BCUT2D eigenvalue weighted by Crippen LogP contribution is 2.49. The molecule has 4 nitrogen and oxygen atoms in total. The van der Waals surface area contributed by atoms with Crippen LogP contribution < -0.4 is 5.32 Å². The smallest absolute Gasteiger partial charge is 0.309 e. The van der Waals surface area contributed by atoms with Gasteiger partial charge in [-0.1, -0.05) is 27.2 Å². The van der Waals surface area contributed by atoms with Crippen molar-refractivity contribution in [2.45, 2.75) is 85.1 Å². The zero-order chi connectivity index (χ0) is 18.9. The molecule has 0 saturated heterocycles. The number of fused-ring (bicyclic) bond motifs is 2. The number of carbonyl (C=O) groups is 2. The molecule has 0 spiro atoms. The molecule has 3 saturated carbocycles. The Kier molecular flexibility index (Phi) is 5.98. The van der Waals surface area contributed by atoms with Crippen LogP contribution in [0.25, 0.3) is 0 Å². The summed E-state index contributed by atoms with van der Waals surface area (Å²) in [5.74, 6) is 2.61. The number of amides is 1. The first-order valence-corrected chi connectivity index (χ1v) is 10.7. The summed E-state index contributed by atoms with van der Waals surface area (Å²) in [6.07, 6.45) is 9.24. The first-order chi connectivity index (χ1) is 12.2. The van der Waals surface area contributed by atoms with Crippen LogP contribution in [0.15, 0.2) is 0 Å². The molecule has 3 aliphatic rings. The fourth-order valence-electron chi connectivity index (χ4n) is 5.76. The lowest BCUT2D eigenvalue weighted by Crippen LogP contribution is -2.42. The largest absolute Gasteiger partial charge is 0.455 e. The summed E-state index contributed by atoms with van der Waals surface area (Å²) >= 11 is 0. The number of hydrogen-bond acceptors (Lipinski definition) is 3. The van der Waals surface area contributed by atoms with Crippen molar-refractivity contribution in [3.63, 3.8) is 0 Å². The second-order valence-corrected chi connectivity index (χ2v) is 10.2. The second kappa shape index (κ2) is 7.90. The number of rotatable bonds is 5. The lowest BCUT2D eigenvalue weighted by atomic mass is 9.70. The van der Waals surface area contributed by atoms with Crippen LogP contribution in [0.5, 0.6) is 0 Å². The summed E-state index contributed by atoms with van der Waals surface area (Å²) in [6.45, 7) is 8.82. The summed E-state index contributed by atoms with van der Waals surface area (Å²) in [6, 6.07) is 0.193. The molecule has 26 heavy (non-hydrogen) atoms. The highest BCUT2D eigenvalue weighted by molar-refractivity contribution is 5.81. The van der Waals surface area contributed by atoms with Crippen molar-refractivity contribution in [1.29, 1.82) is 0 Å². The minimum atomic E-state index is -0.180. The predicted molar refractivity (Wildman–Crippen MR) is 102 cm³/mol. The molecule has 0 aromatic rings. The first kappa shape index (κ1) is 19.7. The van der Waals surface area contributed by atoms with Gasteiger partial charge in [0.15, 0.2) is 6.61 Å². The Hall–Kier alpha value is -1.06. The van der Waals surface area contributed by atoms with Crippen LogP contribution in [-0.2, 0) is 14.3 Å². The van der Waals surface area contributed by atoms with Gasteiger partial charge in [-0.25, -0.2) is 0 Å². The Balaban J connectivity index is 1.36. The van der Waals surface area contributed by atoms with Crippen LogP contribution in [0.4, 0.5) is 0 Å². The van der Waals surface area contributed by atoms with Crippen molar-refractivity contribution in [3.05, 3.63) is 0 Å². The van der Waals surface area contributed by atoms with Crippen LogP contribution in [0.1, 0.15) is 79.1 Å². The lowest BCUT2D eigenvalue weighted by molar-refractivity contribution is -0.154. The second-order valence-electron chi connectivity index (χ2n) is 10.2. The van der Waals surface area contributed by atoms with Gasteiger partial charge in [0.2, 0.25) is 0 Å². The Labute approximate surface area is 158 Å². The summed E-state index contributed by atoms with van der Waals surface area (Å²) in [4.78, 5) is 24.5. The van der Waals surface area contributed by atoms with Gasteiger partial charge in [-0.3, -0.25) is 9.59 Å². The molecule has 3 aliphatic carbocycles. The molecule has 0 unspecified atom stereocenters.